The highest BCUT2D eigenvalue weighted by molar-refractivity contribution is 6.07. The number of rotatable bonds is 4. The third-order valence-electron chi connectivity index (χ3n) is 4.74. The number of ether oxygens (including phenoxy) is 1. The number of halogens is 4. The molecule has 2 heterocycles. The van der Waals surface area contributed by atoms with Gasteiger partial charge in [-0.2, -0.15) is 10.4 Å². The highest BCUT2D eigenvalue weighted by Gasteiger charge is 2.34. The van der Waals surface area contributed by atoms with Crippen molar-refractivity contribution >= 4 is 17.4 Å². The lowest BCUT2D eigenvalue weighted by atomic mass is 9.96. The molecule has 1 aliphatic rings. The molecular formula is C22H14F4N6O2. The molecule has 1 atom stereocenters. The van der Waals surface area contributed by atoms with E-state index in [1.54, 1.807) is 0 Å². The van der Waals surface area contributed by atoms with Gasteiger partial charge in [0.2, 0.25) is 0 Å². The van der Waals surface area contributed by atoms with Gasteiger partial charge in [-0.3, -0.25) is 0 Å². The number of aromatic nitrogens is 2. The molecule has 34 heavy (non-hydrogen) atoms. The first-order valence-electron chi connectivity index (χ1n) is 9.72. The van der Waals surface area contributed by atoms with E-state index < -0.39 is 29.9 Å². The maximum Gasteiger partial charge on any atom is 0.573 e. The standard InChI is InChI=1S/C22H14F4N6O2/c23-15-3-1-14(2-4-15)19-18(20-28-10-13(9-27)11-29-20)12-32(31-19)21(33)30-16-5-7-17(8-6-16)34-22(24,25)26/h1-8,10-11,18H,12H2,(H,30,33). The van der Waals surface area contributed by atoms with Gasteiger partial charge in [0.1, 0.15) is 23.5 Å². The van der Waals surface area contributed by atoms with Gasteiger partial charge in [-0.1, -0.05) is 12.1 Å². The van der Waals surface area contributed by atoms with Crippen LogP contribution in [0.2, 0.25) is 0 Å². The minimum absolute atomic E-state index is 0.0414. The van der Waals surface area contributed by atoms with E-state index in [2.05, 4.69) is 25.1 Å². The van der Waals surface area contributed by atoms with Crippen LogP contribution in [-0.4, -0.2) is 39.6 Å². The Labute approximate surface area is 190 Å². The fourth-order valence-electron chi connectivity index (χ4n) is 3.22. The Morgan fingerprint density at radius 1 is 1.09 bits per heavy atom. The number of nitriles is 1. The van der Waals surface area contributed by atoms with Crippen LogP contribution in [0.3, 0.4) is 0 Å². The maximum absolute atomic E-state index is 13.4. The summed E-state index contributed by atoms with van der Waals surface area (Å²) in [7, 11) is 0. The van der Waals surface area contributed by atoms with E-state index in [0.717, 1.165) is 17.1 Å². The number of nitrogens with zero attached hydrogens (tertiary/aromatic N) is 5. The normalized spacial score (nSPS) is 15.4. The summed E-state index contributed by atoms with van der Waals surface area (Å²) >= 11 is 0. The summed E-state index contributed by atoms with van der Waals surface area (Å²) in [5, 5.41) is 17.0. The minimum Gasteiger partial charge on any atom is -0.406 e. The fourth-order valence-corrected chi connectivity index (χ4v) is 3.22. The molecule has 1 unspecified atom stereocenters. The molecule has 1 aromatic heterocycles. The van der Waals surface area contributed by atoms with E-state index in [4.69, 9.17) is 5.26 Å². The van der Waals surface area contributed by atoms with Crippen LogP contribution in [0, 0.1) is 17.1 Å². The van der Waals surface area contributed by atoms with Crippen molar-refractivity contribution in [3.05, 3.63) is 83.7 Å². The van der Waals surface area contributed by atoms with Crippen LogP contribution in [0.25, 0.3) is 0 Å². The number of hydrazone groups is 1. The number of hydrogen-bond donors (Lipinski definition) is 1. The third kappa shape index (κ3) is 5.26. The van der Waals surface area contributed by atoms with Crippen LogP contribution in [0.1, 0.15) is 22.9 Å². The average molecular weight is 470 g/mol. The lowest BCUT2D eigenvalue weighted by molar-refractivity contribution is -0.274. The molecule has 2 aromatic carbocycles. The molecule has 1 aliphatic heterocycles. The number of amides is 2. The van der Waals surface area contributed by atoms with E-state index in [1.165, 1.54) is 48.8 Å². The number of nitrogens with one attached hydrogen (secondary N) is 1. The second-order valence-electron chi connectivity index (χ2n) is 7.07. The Hall–Kier alpha value is -4.53. The van der Waals surface area contributed by atoms with Gasteiger partial charge in [0.25, 0.3) is 0 Å². The summed E-state index contributed by atoms with van der Waals surface area (Å²) < 4.78 is 54.2. The van der Waals surface area contributed by atoms with Gasteiger partial charge in [0.05, 0.1) is 23.7 Å². The van der Waals surface area contributed by atoms with E-state index >= 15 is 0 Å². The van der Waals surface area contributed by atoms with Crippen molar-refractivity contribution in [2.24, 2.45) is 5.10 Å². The second-order valence-corrected chi connectivity index (χ2v) is 7.07. The first kappa shape index (κ1) is 22.7. The molecule has 3 aromatic rings. The summed E-state index contributed by atoms with van der Waals surface area (Å²) in [5.74, 6) is -1.13. The van der Waals surface area contributed by atoms with Crippen LogP contribution in [-0.2, 0) is 0 Å². The van der Waals surface area contributed by atoms with Crippen LogP contribution in [0.15, 0.2) is 66.0 Å². The van der Waals surface area contributed by atoms with Gasteiger partial charge in [-0.15, -0.1) is 13.2 Å². The zero-order valence-electron chi connectivity index (χ0n) is 17.1. The lowest BCUT2D eigenvalue weighted by Crippen LogP contribution is -2.30. The highest BCUT2D eigenvalue weighted by atomic mass is 19.4. The lowest BCUT2D eigenvalue weighted by Gasteiger charge is -2.15. The number of alkyl halides is 3. The topological polar surface area (TPSA) is 104 Å². The largest absolute Gasteiger partial charge is 0.573 e. The molecule has 4 rings (SSSR count). The van der Waals surface area contributed by atoms with Crippen molar-refractivity contribution < 1.29 is 27.1 Å². The molecule has 0 radical (unpaired) electrons. The van der Waals surface area contributed by atoms with Crippen LogP contribution in [0.5, 0.6) is 5.75 Å². The van der Waals surface area contributed by atoms with Gasteiger partial charge in [-0.05, 0) is 42.0 Å². The number of carbonyl (C=O) groups excluding carboxylic acids is 1. The smallest absolute Gasteiger partial charge is 0.406 e. The van der Waals surface area contributed by atoms with Crippen molar-refractivity contribution in [2.45, 2.75) is 12.3 Å². The molecule has 2 amide bonds. The predicted molar refractivity (Wildman–Crippen MR) is 111 cm³/mol. The summed E-state index contributed by atoms with van der Waals surface area (Å²) in [5.41, 5.74) is 1.43. The molecule has 172 valence electrons. The van der Waals surface area contributed by atoms with E-state index in [-0.39, 0.29) is 17.8 Å². The number of hydrogen-bond acceptors (Lipinski definition) is 6. The van der Waals surface area contributed by atoms with E-state index in [0.29, 0.717) is 17.1 Å². The summed E-state index contributed by atoms with van der Waals surface area (Å²) in [4.78, 5) is 21.2. The highest BCUT2D eigenvalue weighted by Crippen LogP contribution is 2.28. The molecule has 0 fully saturated rings. The molecule has 0 saturated carbocycles. The van der Waals surface area contributed by atoms with Gasteiger partial charge >= 0.3 is 12.4 Å². The van der Waals surface area contributed by atoms with Gasteiger partial charge in [0.15, 0.2) is 0 Å². The molecular weight excluding hydrogens is 456 g/mol. The quantitative estimate of drug-likeness (QED) is 0.569. The van der Waals surface area contributed by atoms with Crippen LogP contribution < -0.4 is 10.1 Å². The van der Waals surface area contributed by atoms with Crippen molar-refractivity contribution in [3.8, 4) is 11.8 Å². The predicted octanol–water partition coefficient (Wildman–Crippen LogP) is 4.42. The van der Waals surface area contributed by atoms with Crippen molar-refractivity contribution in [1.29, 1.82) is 5.26 Å². The monoisotopic (exact) mass is 470 g/mol. The number of benzene rings is 2. The van der Waals surface area contributed by atoms with Gasteiger partial charge in [0, 0.05) is 18.1 Å². The van der Waals surface area contributed by atoms with E-state index in [9.17, 15) is 22.4 Å². The Bertz CT molecular complexity index is 1250. The first-order valence-corrected chi connectivity index (χ1v) is 9.72. The molecule has 0 aliphatic carbocycles. The zero-order valence-corrected chi connectivity index (χ0v) is 17.1. The summed E-state index contributed by atoms with van der Waals surface area (Å²) in [6.45, 7) is 0.0414. The molecule has 0 saturated heterocycles. The van der Waals surface area contributed by atoms with E-state index in [1.807, 2.05) is 6.07 Å². The third-order valence-corrected chi connectivity index (χ3v) is 4.74. The molecule has 0 spiro atoms. The second kappa shape index (κ2) is 9.14. The van der Waals surface area contributed by atoms with Crippen LogP contribution in [0.4, 0.5) is 28.0 Å². The van der Waals surface area contributed by atoms with Crippen molar-refractivity contribution in [2.75, 3.05) is 11.9 Å². The Morgan fingerprint density at radius 2 is 1.74 bits per heavy atom. The zero-order chi connectivity index (χ0) is 24.3. The summed E-state index contributed by atoms with van der Waals surface area (Å²) in [6, 6.07) is 11.4. The fraction of sp³-hybridized carbons (Fsp3) is 0.136. The summed E-state index contributed by atoms with van der Waals surface area (Å²) in [6.07, 6.45) is -2.13. The van der Waals surface area contributed by atoms with Crippen molar-refractivity contribution in [1.82, 2.24) is 15.0 Å². The SMILES string of the molecule is N#Cc1cnc(C2CN(C(=O)Nc3ccc(OC(F)(F)F)cc3)N=C2c2ccc(F)cc2)nc1. The first-order chi connectivity index (χ1) is 16.2. The molecule has 12 heteroatoms. The Kier molecular flexibility index (Phi) is 6.09. The number of carbonyl (C=O) groups is 1. The Balaban J connectivity index is 1.55. The maximum atomic E-state index is 13.4. The average Bonchev–Trinajstić information content (AvgIpc) is 3.26. The van der Waals surface area contributed by atoms with Gasteiger partial charge < -0.3 is 10.1 Å². The van der Waals surface area contributed by atoms with Gasteiger partial charge in [-0.25, -0.2) is 24.2 Å². The van der Waals surface area contributed by atoms with Crippen molar-refractivity contribution in [3.63, 3.8) is 0 Å². The minimum atomic E-state index is -4.83. The Morgan fingerprint density at radius 3 is 2.32 bits per heavy atom. The molecule has 8 nitrogen and oxygen atoms in total. The molecule has 1 N–H and O–H groups in total. The number of urea groups is 1. The van der Waals surface area contributed by atoms with Crippen LogP contribution >= 0.6 is 0 Å². The molecule has 0 bridgehead atoms. The number of anilines is 1.